The van der Waals surface area contributed by atoms with Crippen LogP contribution in [0.4, 0.5) is 13.2 Å². The molecule has 190 valence electrons. The number of amides is 1. The van der Waals surface area contributed by atoms with Gasteiger partial charge in [-0.05, 0) is 54.6 Å². The number of carbonyl (C=O) groups is 1. The molecule has 0 saturated heterocycles. The maximum atomic E-state index is 12.7. The van der Waals surface area contributed by atoms with Crippen molar-refractivity contribution in [1.82, 2.24) is 5.43 Å². The molecule has 0 aliphatic heterocycles. The van der Waals surface area contributed by atoms with Gasteiger partial charge < -0.3 is 13.7 Å². The number of methoxy groups -OCH3 is 2. The Kier molecular flexibility index (Phi) is 8.20. The summed E-state index contributed by atoms with van der Waals surface area (Å²) in [6.07, 6.45) is -3.50. The second kappa shape index (κ2) is 11.1. The largest absolute Gasteiger partial charge is 0.497 e. The lowest BCUT2D eigenvalue weighted by Gasteiger charge is -2.11. The summed E-state index contributed by atoms with van der Waals surface area (Å²) >= 11 is 0. The van der Waals surface area contributed by atoms with E-state index in [1.165, 1.54) is 38.6 Å². The molecular weight excluding hydrogens is 501 g/mol. The van der Waals surface area contributed by atoms with Gasteiger partial charge in [0.2, 0.25) is 5.91 Å². The van der Waals surface area contributed by atoms with Crippen LogP contribution in [0.1, 0.15) is 16.7 Å². The van der Waals surface area contributed by atoms with Crippen LogP contribution in [-0.2, 0) is 27.5 Å². The maximum absolute atomic E-state index is 12.7. The Hall–Kier alpha value is -4.06. The first kappa shape index (κ1) is 26.5. The van der Waals surface area contributed by atoms with E-state index in [4.69, 9.17) is 13.7 Å². The van der Waals surface area contributed by atoms with Gasteiger partial charge in [-0.25, -0.2) is 5.43 Å². The molecule has 12 heteroatoms. The second-order valence-electron chi connectivity index (χ2n) is 7.25. The van der Waals surface area contributed by atoms with Gasteiger partial charge in [-0.2, -0.15) is 26.7 Å². The molecular formula is C24H21F3N2O6S. The summed E-state index contributed by atoms with van der Waals surface area (Å²) in [5, 5.41) is 3.84. The molecule has 3 aromatic carbocycles. The van der Waals surface area contributed by atoms with E-state index in [1.54, 1.807) is 24.3 Å². The van der Waals surface area contributed by atoms with Crippen molar-refractivity contribution in [2.75, 3.05) is 14.2 Å². The number of halogens is 3. The van der Waals surface area contributed by atoms with Gasteiger partial charge in [0.15, 0.2) is 5.75 Å². The first-order chi connectivity index (χ1) is 17.0. The number of nitrogens with one attached hydrogen (secondary N) is 1. The Morgan fingerprint density at radius 1 is 0.972 bits per heavy atom. The van der Waals surface area contributed by atoms with E-state index in [9.17, 15) is 26.4 Å². The Bertz CT molecular complexity index is 1360. The highest BCUT2D eigenvalue weighted by molar-refractivity contribution is 7.87. The first-order valence-electron chi connectivity index (χ1n) is 10.3. The van der Waals surface area contributed by atoms with Crippen molar-refractivity contribution in [3.63, 3.8) is 0 Å². The molecule has 0 saturated carbocycles. The zero-order chi connectivity index (χ0) is 26.3. The number of hydrazone groups is 1. The third-order valence-corrected chi connectivity index (χ3v) is 6.07. The number of benzene rings is 3. The van der Waals surface area contributed by atoms with E-state index in [0.29, 0.717) is 29.2 Å². The highest BCUT2D eigenvalue weighted by atomic mass is 32.2. The molecule has 1 N–H and O–H groups in total. The van der Waals surface area contributed by atoms with Crippen LogP contribution in [0, 0.1) is 0 Å². The summed E-state index contributed by atoms with van der Waals surface area (Å²) < 4.78 is 78.9. The molecule has 0 fully saturated rings. The molecule has 0 heterocycles. The molecule has 8 nitrogen and oxygen atoms in total. The van der Waals surface area contributed by atoms with E-state index in [2.05, 4.69) is 10.5 Å². The minimum absolute atomic E-state index is 0.0713. The van der Waals surface area contributed by atoms with Crippen LogP contribution in [0.2, 0.25) is 0 Å². The fourth-order valence-electron chi connectivity index (χ4n) is 3.05. The van der Waals surface area contributed by atoms with Crippen molar-refractivity contribution < 1.29 is 40.0 Å². The number of para-hydroxylation sites is 1. The van der Waals surface area contributed by atoms with Crippen LogP contribution in [0.3, 0.4) is 0 Å². The standard InChI is InChI=1S/C24H21F3N2O6S/c1-33-19-9-12-21(34-2)17(13-19)14-23(30)29-28-15-16-5-3-4-6-22(16)35-36(31,32)20-10-7-18(8-11-20)24(25,26)27/h3-13,15H,14H2,1-2H3,(H,29,30)/b28-15+. The predicted octanol–water partition coefficient (Wildman–Crippen LogP) is 4.18. The molecule has 0 radical (unpaired) electrons. The van der Waals surface area contributed by atoms with Crippen LogP contribution in [0.25, 0.3) is 0 Å². The van der Waals surface area contributed by atoms with Crippen LogP contribution in [-0.4, -0.2) is 34.8 Å². The van der Waals surface area contributed by atoms with Gasteiger partial charge in [-0.1, -0.05) is 12.1 Å². The van der Waals surface area contributed by atoms with Crippen LogP contribution in [0.5, 0.6) is 17.2 Å². The minimum Gasteiger partial charge on any atom is -0.497 e. The summed E-state index contributed by atoms with van der Waals surface area (Å²) in [4.78, 5) is 11.9. The van der Waals surface area contributed by atoms with Crippen LogP contribution < -0.4 is 19.1 Å². The van der Waals surface area contributed by atoms with Crippen molar-refractivity contribution >= 4 is 22.2 Å². The Balaban J connectivity index is 1.71. The van der Waals surface area contributed by atoms with E-state index in [1.807, 2.05) is 0 Å². The molecule has 1 amide bonds. The molecule has 0 spiro atoms. The molecule has 0 aliphatic rings. The van der Waals surface area contributed by atoms with Crippen molar-refractivity contribution in [3.05, 3.63) is 83.4 Å². The predicted molar refractivity (Wildman–Crippen MR) is 125 cm³/mol. The Morgan fingerprint density at radius 2 is 1.67 bits per heavy atom. The number of hydrogen-bond acceptors (Lipinski definition) is 7. The summed E-state index contributed by atoms with van der Waals surface area (Å²) in [6, 6.07) is 13.8. The normalized spacial score (nSPS) is 11.8. The molecule has 36 heavy (non-hydrogen) atoms. The summed E-state index contributed by atoms with van der Waals surface area (Å²) in [5.74, 6) is 0.419. The van der Waals surface area contributed by atoms with Crippen molar-refractivity contribution in [1.29, 1.82) is 0 Å². The van der Waals surface area contributed by atoms with E-state index in [-0.39, 0.29) is 17.7 Å². The smallest absolute Gasteiger partial charge is 0.416 e. The fourth-order valence-corrected chi connectivity index (χ4v) is 4.00. The summed E-state index contributed by atoms with van der Waals surface area (Å²) in [7, 11) is -1.47. The fraction of sp³-hybridized carbons (Fsp3) is 0.167. The number of nitrogens with zero attached hydrogens (tertiary/aromatic N) is 1. The van der Waals surface area contributed by atoms with Crippen molar-refractivity contribution in [2.24, 2.45) is 5.10 Å². The lowest BCUT2D eigenvalue weighted by Crippen LogP contribution is -2.20. The molecule has 0 unspecified atom stereocenters. The number of carbonyl (C=O) groups excluding carboxylic acids is 1. The number of hydrogen-bond donors (Lipinski definition) is 1. The lowest BCUT2D eigenvalue weighted by atomic mass is 10.1. The van der Waals surface area contributed by atoms with Gasteiger partial charge in [0.25, 0.3) is 0 Å². The van der Waals surface area contributed by atoms with E-state index < -0.39 is 32.7 Å². The molecule has 3 rings (SSSR count). The van der Waals surface area contributed by atoms with E-state index >= 15 is 0 Å². The minimum atomic E-state index is -4.60. The zero-order valence-corrected chi connectivity index (χ0v) is 19.9. The maximum Gasteiger partial charge on any atom is 0.416 e. The highest BCUT2D eigenvalue weighted by Gasteiger charge is 2.31. The highest BCUT2D eigenvalue weighted by Crippen LogP contribution is 2.30. The summed E-state index contributed by atoms with van der Waals surface area (Å²) in [5.41, 5.74) is 2.11. The quantitative estimate of drug-likeness (QED) is 0.257. The number of alkyl halides is 3. The van der Waals surface area contributed by atoms with Gasteiger partial charge in [-0.15, -0.1) is 0 Å². The average Bonchev–Trinajstić information content (AvgIpc) is 2.84. The van der Waals surface area contributed by atoms with Gasteiger partial charge in [-0.3, -0.25) is 4.79 Å². The van der Waals surface area contributed by atoms with Crippen LogP contribution in [0.15, 0.2) is 76.7 Å². The Labute approximate surface area is 205 Å². The first-order valence-corrected chi connectivity index (χ1v) is 11.7. The Morgan fingerprint density at radius 3 is 2.31 bits per heavy atom. The average molecular weight is 523 g/mol. The van der Waals surface area contributed by atoms with Crippen molar-refractivity contribution in [2.45, 2.75) is 17.5 Å². The lowest BCUT2D eigenvalue weighted by molar-refractivity contribution is -0.137. The topological polar surface area (TPSA) is 103 Å². The molecule has 0 bridgehead atoms. The van der Waals surface area contributed by atoms with Gasteiger partial charge in [0.1, 0.15) is 16.4 Å². The zero-order valence-electron chi connectivity index (χ0n) is 19.1. The molecule has 0 aromatic heterocycles. The van der Waals surface area contributed by atoms with Gasteiger partial charge in [0, 0.05) is 11.1 Å². The van der Waals surface area contributed by atoms with Gasteiger partial charge in [0.05, 0.1) is 32.4 Å². The van der Waals surface area contributed by atoms with Gasteiger partial charge >= 0.3 is 16.3 Å². The molecule has 0 atom stereocenters. The summed E-state index contributed by atoms with van der Waals surface area (Å²) in [6.45, 7) is 0. The third kappa shape index (κ3) is 6.75. The van der Waals surface area contributed by atoms with Crippen molar-refractivity contribution in [3.8, 4) is 17.2 Å². The monoisotopic (exact) mass is 522 g/mol. The third-order valence-electron chi connectivity index (χ3n) is 4.82. The van der Waals surface area contributed by atoms with Crippen LogP contribution >= 0.6 is 0 Å². The molecule has 0 aliphatic carbocycles. The number of rotatable bonds is 9. The molecule has 3 aromatic rings. The SMILES string of the molecule is COc1ccc(OC)c(CC(=O)N/N=C/c2ccccc2OS(=O)(=O)c2ccc(C(F)(F)F)cc2)c1. The second-order valence-corrected chi connectivity index (χ2v) is 8.79. The number of ether oxygens (including phenoxy) is 2. The van der Waals surface area contributed by atoms with E-state index in [0.717, 1.165) is 12.1 Å².